The molecule has 0 N–H and O–H groups in total. The van der Waals surface area contributed by atoms with Gasteiger partial charge in [-0.15, -0.1) is 6.58 Å². The van der Waals surface area contributed by atoms with Gasteiger partial charge in [-0.25, -0.2) is 0 Å². The van der Waals surface area contributed by atoms with Crippen LogP contribution in [0.5, 0.6) is 0 Å². The molecule has 0 radical (unpaired) electrons. The maximum atomic E-state index is 3.48. The molecule has 1 fully saturated rings. The lowest BCUT2D eigenvalue weighted by molar-refractivity contribution is 0.612. The molecule has 1 rings (SSSR count). The number of rotatable bonds is 1. The Morgan fingerprint density at radius 3 is 1.90 bits per heavy atom. The van der Waals surface area contributed by atoms with Crippen molar-refractivity contribution in [3.8, 4) is 0 Å². The SMILES string of the molecule is C=CCC.CC1CCCC1. The highest BCUT2D eigenvalue weighted by molar-refractivity contribution is 4.60. The van der Waals surface area contributed by atoms with E-state index < -0.39 is 0 Å². The van der Waals surface area contributed by atoms with Gasteiger partial charge in [0.05, 0.1) is 0 Å². The zero-order valence-electron chi connectivity index (χ0n) is 7.40. The molecule has 0 saturated heterocycles. The fraction of sp³-hybridized carbons (Fsp3) is 0.800. The summed E-state index contributed by atoms with van der Waals surface area (Å²) in [5.74, 6) is 1.05. The molecule has 10 heavy (non-hydrogen) atoms. The minimum Gasteiger partial charge on any atom is -0.103 e. The van der Waals surface area contributed by atoms with Crippen molar-refractivity contribution in [2.75, 3.05) is 0 Å². The molecule has 0 aromatic heterocycles. The average molecular weight is 140 g/mol. The first-order valence-corrected chi connectivity index (χ1v) is 4.42. The molecule has 0 aliphatic heterocycles. The fourth-order valence-electron chi connectivity index (χ4n) is 1.13. The Balaban J connectivity index is 0.000000180. The van der Waals surface area contributed by atoms with Crippen LogP contribution in [0.4, 0.5) is 0 Å². The van der Waals surface area contributed by atoms with Gasteiger partial charge in [-0.1, -0.05) is 45.6 Å². The van der Waals surface area contributed by atoms with Crippen LogP contribution in [0.2, 0.25) is 0 Å². The van der Waals surface area contributed by atoms with Gasteiger partial charge in [0.25, 0.3) is 0 Å². The molecule has 0 bridgehead atoms. The normalized spacial score (nSPS) is 17.8. The molecule has 0 unspecified atom stereocenters. The summed E-state index contributed by atoms with van der Waals surface area (Å²) in [6, 6.07) is 0. The smallest absolute Gasteiger partial charge is 0.0382 e. The molecular formula is C10H20. The van der Waals surface area contributed by atoms with Gasteiger partial charge in [-0.05, 0) is 12.3 Å². The van der Waals surface area contributed by atoms with Crippen LogP contribution in [0.25, 0.3) is 0 Å². The Bertz CT molecular complexity index is 68.1. The van der Waals surface area contributed by atoms with E-state index in [-0.39, 0.29) is 0 Å². The van der Waals surface area contributed by atoms with Gasteiger partial charge < -0.3 is 0 Å². The molecule has 60 valence electrons. The minimum absolute atomic E-state index is 1.05. The summed E-state index contributed by atoms with van der Waals surface area (Å²) in [5.41, 5.74) is 0. The predicted molar refractivity (Wildman–Crippen MR) is 48.1 cm³/mol. The van der Waals surface area contributed by atoms with Crippen LogP contribution < -0.4 is 0 Å². The highest BCUT2D eigenvalue weighted by Crippen LogP contribution is 2.22. The van der Waals surface area contributed by atoms with Crippen molar-refractivity contribution in [1.29, 1.82) is 0 Å². The highest BCUT2D eigenvalue weighted by atomic mass is 14.1. The van der Waals surface area contributed by atoms with E-state index in [1.807, 2.05) is 6.08 Å². The largest absolute Gasteiger partial charge is 0.103 e. The molecule has 0 aromatic rings. The van der Waals surface area contributed by atoms with Crippen molar-refractivity contribution in [1.82, 2.24) is 0 Å². The van der Waals surface area contributed by atoms with E-state index in [9.17, 15) is 0 Å². The summed E-state index contributed by atoms with van der Waals surface area (Å²) >= 11 is 0. The van der Waals surface area contributed by atoms with Gasteiger partial charge in [0.15, 0.2) is 0 Å². The molecule has 0 heteroatoms. The Labute approximate surface area is 65.3 Å². The fourth-order valence-corrected chi connectivity index (χ4v) is 1.13. The minimum atomic E-state index is 1.05. The van der Waals surface area contributed by atoms with Crippen LogP contribution in [0.3, 0.4) is 0 Å². The van der Waals surface area contributed by atoms with Crippen LogP contribution in [0, 0.1) is 5.92 Å². The van der Waals surface area contributed by atoms with Gasteiger partial charge in [-0.2, -0.15) is 0 Å². The Kier molecular flexibility index (Phi) is 6.68. The van der Waals surface area contributed by atoms with E-state index >= 15 is 0 Å². The summed E-state index contributed by atoms with van der Waals surface area (Å²) < 4.78 is 0. The third-order valence-corrected chi connectivity index (χ3v) is 1.93. The second kappa shape index (κ2) is 6.85. The Morgan fingerprint density at radius 2 is 1.80 bits per heavy atom. The van der Waals surface area contributed by atoms with Gasteiger partial charge in [0, 0.05) is 0 Å². The van der Waals surface area contributed by atoms with Gasteiger partial charge in [0.2, 0.25) is 0 Å². The van der Waals surface area contributed by atoms with E-state index in [2.05, 4.69) is 20.4 Å². The van der Waals surface area contributed by atoms with Crippen molar-refractivity contribution in [2.24, 2.45) is 5.92 Å². The quantitative estimate of drug-likeness (QED) is 0.486. The molecule has 0 spiro atoms. The predicted octanol–water partition coefficient (Wildman–Crippen LogP) is 3.78. The van der Waals surface area contributed by atoms with Gasteiger partial charge in [-0.3, -0.25) is 0 Å². The highest BCUT2D eigenvalue weighted by Gasteiger charge is 2.07. The van der Waals surface area contributed by atoms with Crippen LogP contribution in [0.1, 0.15) is 46.0 Å². The van der Waals surface area contributed by atoms with Crippen molar-refractivity contribution in [2.45, 2.75) is 46.0 Å². The van der Waals surface area contributed by atoms with E-state index in [0.717, 1.165) is 12.3 Å². The van der Waals surface area contributed by atoms with Crippen LogP contribution >= 0.6 is 0 Å². The number of hydrogen-bond donors (Lipinski definition) is 0. The monoisotopic (exact) mass is 140 g/mol. The summed E-state index contributed by atoms with van der Waals surface area (Å²) in [4.78, 5) is 0. The summed E-state index contributed by atoms with van der Waals surface area (Å²) in [5, 5.41) is 0. The molecule has 0 atom stereocenters. The summed E-state index contributed by atoms with van der Waals surface area (Å²) in [6.07, 6.45) is 8.91. The van der Waals surface area contributed by atoms with E-state index in [0.29, 0.717) is 0 Å². The van der Waals surface area contributed by atoms with Gasteiger partial charge >= 0.3 is 0 Å². The van der Waals surface area contributed by atoms with Gasteiger partial charge in [0.1, 0.15) is 0 Å². The lowest BCUT2D eigenvalue weighted by Gasteiger charge is -1.91. The molecule has 0 aromatic carbocycles. The number of allylic oxidation sites excluding steroid dienone is 1. The zero-order valence-corrected chi connectivity index (χ0v) is 7.40. The van der Waals surface area contributed by atoms with Crippen molar-refractivity contribution >= 4 is 0 Å². The second-order valence-corrected chi connectivity index (χ2v) is 3.09. The lowest BCUT2D eigenvalue weighted by atomic mass is 10.2. The maximum absolute atomic E-state index is 3.48. The van der Waals surface area contributed by atoms with Crippen LogP contribution in [0.15, 0.2) is 12.7 Å². The third-order valence-electron chi connectivity index (χ3n) is 1.93. The Morgan fingerprint density at radius 1 is 1.40 bits per heavy atom. The van der Waals surface area contributed by atoms with Crippen LogP contribution in [-0.2, 0) is 0 Å². The average Bonchev–Trinajstić information content (AvgIpc) is 2.40. The lowest BCUT2D eigenvalue weighted by Crippen LogP contribution is -1.78. The molecule has 0 amide bonds. The maximum Gasteiger partial charge on any atom is -0.0382 e. The van der Waals surface area contributed by atoms with Crippen molar-refractivity contribution in [3.63, 3.8) is 0 Å². The van der Waals surface area contributed by atoms with Crippen molar-refractivity contribution < 1.29 is 0 Å². The molecule has 1 saturated carbocycles. The summed E-state index contributed by atoms with van der Waals surface area (Å²) in [7, 11) is 0. The topological polar surface area (TPSA) is 0 Å². The summed E-state index contributed by atoms with van der Waals surface area (Å²) in [6.45, 7) is 7.88. The molecule has 0 nitrogen and oxygen atoms in total. The molecule has 0 heterocycles. The first kappa shape index (κ1) is 9.74. The third kappa shape index (κ3) is 5.87. The first-order valence-electron chi connectivity index (χ1n) is 4.42. The molecule has 1 aliphatic rings. The Hall–Kier alpha value is -0.260. The second-order valence-electron chi connectivity index (χ2n) is 3.09. The zero-order chi connectivity index (χ0) is 7.82. The van der Waals surface area contributed by atoms with E-state index in [1.165, 1.54) is 25.7 Å². The molecular weight excluding hydrogens is 120 g/mol. The van der Waals surface area contributed by atoms with Crippen molar-refractivity contribution in [3.05, 3.63) is 12.7 Å². The van der Waals surface area contributed by atoms with Crippen LogP contribution in [-0.4, -0.2) is 0 Å². The standard InChI is InChI=1S/C6H12.C4H8/c1-6-4-2-3-5-6;1-3-4-2/h6H,2-5H2,1H3;3H,1,4H2,2H3. The first-order chi connectivity index (χ1) is 4.81. The van der Waals surface area contributed by atoms with E-state index in [1.54, 1.807) is 0 Å². The van der Waals surface area contributed by atoms with E-state index in [4.69, 9.17) is 0 Å². The number of hydrogen-bond acceptors (Lipinski definition) is 0. The molecule has 1 aliphatic carbocycles.